The first-order valence-corrected chi connectivity index (χ1v) is 10.9. The lowest BCUT2D eigenvalue weighted by Crippen LogP contribution is -2.60. The van der Waals surface area contributed by atoms with Gasteiger partial charge in [0, 0.05) is 26.7 Å². The molecule has 7 nitrogen and oxygen atoms in total. The molecule has 2 aliphatic heterocycles. The molecule has 2 aliphatic rings. The molecule has 2 heterocycles. The second-order valence-corrected chi connectivity index (χ2v) is 9.54. The van der Waals surface area contributed by atoms with Crippen LogP contribution in [0.15, 0.2) is 35.2 Å². The van der Waals surface area contributed by atoms with Crippen molar-refractivity contribution in [3.05, 3.63) is 30.3 Å². The molecule has 0 aliphatic carbocycles. The molecule has 2 fully saturated rings. The Hall–Kier alpha value is -1.48. The van der Waals surface area contributed by atoms with Crippen molar-refractivity contribution in [1.29, 1.82) is 0 Å². The van der Waals surface area contributed by atoms with Crippen molar-refractivity contribution < 1.29 is 17.9 Å². The van der Waals surface area contributed by atoms with Gasteiger partial charge in [0.25, 0.3) is 0 Å². The third-order valence-corrected chi connectivity index (χ3v) is 7.50. The number of sulfonamides is 1. The summed E-state index contributed by atoms with van der Waals surface area (Å²) in [6.45, 7) is 5.79. The van der Waals surface area contributed by atoms with Crippen molar-refractivity contribution in [3.63, 3.8) is 0 Å². The quantitative estimate of drug-likeness (QED) is 0.785. The van der Waals surface area contributed by atoms with Crippen LogP contribution in [-0.4, -0.2) is 68.6 Å². The first-order chi connectivity index (χ1) is 12.8. The number of hydrogen-bond acceptors (Lipinski definition) is 5. The van der Waals surface area contributed by atoms with Crippen LogP contribution in [0.5, 0.6) is 0 Å². The van der Waals surface area contributed by atoms with Crippen LogP contribution < -0.4 is 5.32 Å². The summed E-state index contributed by atoms with van der Waals surface area (Å²) in [6.07, 6.45) is 1.13. The Labute approximate surface area is 161 Å². The molecule has 1 unspecified atom stereocenters. The maximum Gasteiger partial charge on any atom is 0.243 e. The fourth-order valence-corrected chi connectivity index (χ4v) is 5.48. The number of nitrogens with one attached hydrogen (secondary N) is 1. The molecule has 8 heteroatoms. The van der Waals surface area contributed by atoms with Crippen LogP contribution in [0.1, 0.15) is 26.7 Å². The largest absolute Gasteiger partial charge is 0.383 e. The van der Waals surface area contributed by atoms with Crippen LogP contribution in [0.4, 0.5) is 0 Å². The number of ether oxygens (including phenoxy) is 1. The smallest absolute Gasteiger partial charge is 0.243 e. The second-order valence-electron chi connectivity index (χ2n) is 7.60. The molecule has 1 amide bonds. The standard InChI is InChI=1S/C19H29N3O4S/c1-15(2)17-18(23)22(13-14-26-3)19(20-17)9-11-21(12-10-19)27(24,25)16-7-5-4-6-8-16/h4-8,15,17,20H,9-14H2,1-3H3. The normalized spacial score (nSPS) is 23.5. The Morgan fingerprint density at radius 3 is 2.41 bits per heavy atom. The molecule has 27 heavy (non-hydrogen) atoms. The molecule has 2 saturated heterocycles. The van der Waals surface area contributed by atoms with E-state index >= 15 is 0 Å². The molecule has 1 aromatic carbocycles. The molecule has 150 valence electrons. The van der Waals surface area contributed by atoms with Gasteiger partial charge >= 0.3 is 0 Å². The number of methoxy groups -OCH3 is 1. The molecule has 0 bridgehead atoms. The first kappa shape index (κ1) is 20.3. The van der Waals surface area contributed by atoms with Gasteiger partial charge in [-0.2, -0.15) is 4.31 Å². The van der Waals surface area contributed by atoms with Crippen molar-refractivity contribution >= 4 is 15.9 Å². The van der Waals surface area contributed by atoms with Crippen LogP contribution >= 0.6 is 0 Å². The lowest BCUT2D eigenvalue weighted by atomic mass is 9.97. The van der Waals surface area contributed by atoms with E-state index in [1.54, 1.807) is 37.4 Å². The zero-order valence-corrected chi connectivity index (χ0v) is 17.0. The molecule has 1 spiro atoms. The monoisotopic (exact) mass is 395 g/mol. The van der Waals surface area contributed by atoms with Gasteiger partial charge < -0.3 is 9.64 Å². The zero-order valence-electron chi connectivity index (χ0n) is 16.2. The highest BCUT2D eigenvalue weighted by Gasteiger charge is 2.52. The van der Waals surface area contributed by atoms with Gasteiger partial charge in [0.2, 0.25) is 15.9 Å². The molecule has 3 rings (SSSR count). The molecule has 0 aromatic heterocycles. The van der Waals surface area contributed by atoms with Crippen molar-refractivity contribution in [3.8, 4) is 0 Å². The van der Waals surface area contributed by atoms with E-state index in [2.05, 4.69) is 5.32 Å². The van der Waals surface area contributed by atoms with Crippen LogP contribution in [0.25, 0.3) is 0 Å². The van der Waals surface area contributed by atoms with E-state index in [9.17, 15) is 13.2 Å². The van der Waals surface area contributed by atoms with E-state index in [0.29, 0.717) is 44.0 Å². The molecule has 0 saturated carbocycles. The minimum atomic E-state index is -3.51. The van der Waals surface area contributed by atoms with Gasteiger partial charge in [-0.25, -0.2) is 8.42 Å². The number of carbonyl (C=O) groups excluding carboxylic acids is 1. The summed E-state index contributed by atoms with van der Waals surface area (Å²) in [5.41, 5.74) is -0.493. The van der Waals surface area contributed by atoms with E-state index in [1.165, 1.54) is 4.31 Å². The number of piperidine rings is 1. The predicted molar refractivity (Wildman–Crippen MR) is 103 cm³/mol. The van der Waals surface area contributed by atoms with Gasteiger partial charge in [-0.1, -0.05) is 32.0 Å². The molecule has 0 radical (unpaired) electrons. The van der Waals surface area contributed by atoms with Gasteiger partial charge in [0.1, 0.15) is 0 Å². The lowest BCUT2D eigenvalue weighted by molar-refractivity contribution is -0.134. The van der Waals surface area contributed by atoms with Crippen LogP contribution in [0.2, 0.25) is 0 Å². The summed E-state index contributed by atoms with van der Waals surface area (Å²) >= 11 is 0. The van der Waals surface area contributed by atoms with Gasteiger partial charge in [-0.15, -0.1) is 0 Å². The van der Waals surface area contributed by atoms with E-state index in [-0.39, 0.29) is 17.9 Å². The SMILES string of the molecule is COCCN1C(=O)C(C(C)C)NC12CCN(S(=O)(=O)c1ccccc1)CC2. The number of nitrogens with zero attached hydrogens (tertiary/aromatic N) is 2. The van der Waals surface area contributed by atoms with Crippen LogP contribution in [0.3, 0.4) is 0 Å². The maximum absolute atomic E-state index is 12.9. The Kier molecular flexibility index (Phi) is 5.90. The third kappa shape index (κ3) is 3.76. The third-order valence-electron chi connectivity index (χ3n) is 5.59. The van der Waals surface area contributed by atoms with Crippen LogP contribution in [-0.2, 0) is 19.6 Å². The average Bonchev–Trinajstić information content (AvgIpc) is 2.93. The molecule has 1 N–H and O–H groups in total. The molecule has 1 atom stereocenters. The maximum atomic E-state index is 12.9. The Morgan fingerprint density at radius 1 is 1.22 bits per heavy atom. The van der Waals surface area contributed by atoms with E-state index < -0.39 is 15.7 Å². The molecular formula is C19H29N3O4S. The highest BCUT2D eigenvalue weighted by molar-refractivity contribution is 7.89. The number of hydrogen-bond donors (Lipinski definition) is 1. The van der Waals surface area contributed by atoms with Crippen molar-refractivity contribution in [1.82, 2.24) is 14.5 Å². The Bertz CT molecular complexity index is 758. The predicted octanol–water partition coefficient (Wildman–Crippen LogP) is 1.27. The topological polar surface area (TPSA) is 79.0 Å². The lowest BCUT2D eigenvalue weighted by Gasteiger charge is -2.44. The average molecular weight is 396 g/mol. The first-order valence-electron chi connectivity index (χ1n) is 9.45. The van der Waals surface area contributed by atoms with Gasteiger partial charge in [0.15, 0.2) is 0 Å². The fourth-order valence-electron chi connectivity index (χ4n) is 4.02. The minimum absolute atomic E-state index is 0.0846. The van der Waals surface area contributed by atoms with Crippen molar-refractivity contribution in [2.24, 2.45) is 5.92 Å². The highest BCUT2D eigenvalue weighted by atomic mass is 32.2. The van der Waals surface area contributed by atoms with E-state index in [0.717, 1.165) is 0 Å². The second kappa shape index (κ2) is 7.87. The van der Waals surface area contributed by atoms with E-state index in [4.69, 9.17) is 4.74 Å². The molecular weight excluding hydrogens is 366 g/mol. The van der Waals surface area contributed by atoms with Gasteiger partial charge in [0.05, 0.1) is 23.2 Å². The fraction of sp³-hybridized carbons (Fsp3) is 0.632. The van der Waals surface area contributed by atoms with Gasteiger partial charge in [-0.05, 0) is 30.9 Å². The van der Waals surface area contributed by atoms with E-state index in [1.807, 2.05) is 18.7 Å². The Balaban J connectivity index is 1.78. The number of rotatable bonds is 6. The summed E-state index contributed by atoms with van der Waals surface area (Å²) in [5, 5.41) is 3.53. The van der Waals surface area contributed by atoms with Crippen LogP contribution in [0, 0.1) is 5.92 Å². The number of carbonyl (C=O) groups is 1. The summed E-state index contributed by atoms with van der Waals surface area (Å²) in [4.78, 5) is 15.1. The minimum Gasteiger partial charge on any atom is -0.383 e. The Morgan fingerprint density at radius 2 is 1.85 bits per heavy atom. The summed E-state index contributed by atoms with van der Waals surface area (Å²) in [7, 11) is -1.89. The summed E-state index contributed by atoms with van der Waals surface area (Å²) < 4.78 is 32.5. The summed E-state index contributed by atoms with van der Waals surface area (Å²) in [6, 6.07) is 8.27. The van der Waals surface area contributed by atoms with Crippen molar-refractivity contribution in [2.75, 3.05) is 33.4 Å². The molecule has 1 aromatic rings. The number of amides is 1. The zero-order chi connectivity index (χ0) is 19.7. The summed E-state index contributed by atoms with van der Waals surface area (Å²) in [5.74, 6) is 0.259. The highest BCUT2D eigenvalue weighted by Crippen LogP contribution is 2.35. The van der Waals surface area contributed by atoms with Crippen molar-refractivity contribution in [2.45, 2.75) is 43.3 Å². The van der Waals surface area contributed by atoms with Gasteiger partial charge in [-0.3, -0.25) is 10.1 Å². The number of benzene rings is 1.